The molecule has 0 amide bonds. The summed E-state index contributed by atoms with van der Waals surface area (Å²) in [6, 6.07) is 0. The molecule has 0 aromatic heterocycles. The fraction of sp³-hybridized carbons (Fsp3) is 0.786. The van der Waals surface area contributed by atoms with Gasteiger partial charge in [0.25, 0.3) is 0 Å². The Morgan fingerprint density at radius 1 is 1.38 bits per heavy atom. The number of hydrogen-bond acceptors (Lipinski definition) is 2. The highest BCUT2D eigenvalue weighted by atomic mass is 16.6. The zero-order chi connectivity index (χ0) is 12.1. The Kier molecular flexibility index (Phi) is 2.45. The van der Waals surface area contributed by atoms with Crippen molar-refractivity contribution in [2.24, 2.45) is 17.3 Å². The minimum atomic E-state index is -0.222. The first-order valence-corrected chi connectivity index (χ1v) is 6.17. The SMILES string of the molecule is C=C(C)C(=O)OC12CC(CC(C)C1(C)C)C2. The van der Waals surface area contributed by atoms with E-state index in [9.17, 15) is 4.79 Å². The lowest BCUT2D eigenvalue weighted by atomic mass is 9.46. The normalized spacial score (nSPS) is 39.8. The van der Waals surface area contributed by atoms with Crippen LogP contribution in [0.1, 0.15) is 47.0 Å². The second-order valence-corrected chi connectivity index (χ2v) is 6.30. The van der Waals surface area contributed by atoms with E-state index in [4.69, 9.17) is 4.74 Å². The van der Waals surface area contributed by atoms with Gasteiger partial charge in [-0.3, -0.25) is 0 Å². The molecule has 3 saturated carbocycles. The van der Waals surface area contributed by atoms with Crippen LogP contribution in [-0.4, -0.2) is 11.6 Å². The van der Waals surface area contributed by atoms with Crippen molar-refractivity contribution in [1.29, 1.82) is 0 Å². The second kappa shape index (κ2) is 3.35. The summed E-state index contributed by atoms with van der Waals surface area (Å²) >= 11 is 0. The summed E-state index contributed by atoms with van der Waals surface area (Å²) in [6.07, 6.45) is 3.37. The van der Waals surface area contributed by atoms with Crippen LogP contribution in [0.2, 0.25) is 0 Å². The van der Waals surface area contributed by atoms with Gasteiger partial charge in [0.2, 0.25) is 0 Å². The van der Waals surface area contributed by atoms with Crippen molar-refractivity contribution in [2.45, 2.75) is 52.6 Å². The summed E-state index contributed by atoms with van der Waals surface area (Å²) in [5, 5.41) is 0. The van der Waals surface area contributed by atoms with Crippen LogP contribution in [0.3, 0.4) is 0 Å². The molecule has 0 radical (unpaired) electrons. The second-order valence-electron chi connectivity index (χ2n) is 6.30. The first-order valence-electron chi connectivity index (χ1n) is 6.17. The molecule has 3 rings (SSSR count). The molecule has 2 heteroatoms. The largest absolute Gasteiger partial charge is 0.455 e. The molecular formula is C14H22O2. The van der Waals surface area contributed by atoms with Gasteiger partial charge in [0, 0.05) is 11.0 Å². The zero-order valence-electron chi connectivity index (χ0n) is 10.8. The monoisotopic (exact) mass is 222 g/mol. The van der Waals surface area contributed by atoms with E-state index < -0.39 is 0 Å². The lowest BCUT2D eigenvalue weighted by Gasteiger charge is -2.63. The highest BCUT2D eigenvalue weighted by Crippen LogP contribution is 2.62. The highest BCUT2D eigenvalue weighted by molar-refractivity contribution is 5.87. The summed E-state index contributed by atoms with van der Waals surface area (Å²) in [7, 11) is 0. The zero-order valence-corrected chi connectivity index (χ0v) is 10.8. The molecule has 0 heterocycles. The molecule has 2 bridgehead atoms. The Labute approximate surface area is 98.1 Å². The fourth-order valence-electron chi connectivity index (χ4n) is 3.29. The molecule has 3 aliphatic rings. The van der Waals surface area contributed by atoms with Gasteiger partial charge in [0.1, 0.15) is 5.60 Å². The first-order chi connectivity index (χ1) is 7.28. The number of hydrogen-bond donors (Lipinski definition) is 0. The van der Waals surface area contributed by atoms with Crippen LogP contribution in [0, 0.1) is 17.3 Å². The van der Waals surface area contributed by atoms with Gasteiger partial charge in [-0.15, -0.1) is 0 Å². The van der Waals surface area contributed by atoms with Crippen molar-refractivity contribution in [3.05, 3.63) is 12.2 Å². The maximum atomic E-state index is 11.7. The third-order valence-corrected chi connectivity index (χ3v) is 4.97. The molecule has 0 aliphatic heterocycles. The predicted octanol–water partition coefficient (Wildman–Crippen LogP) is 3.32. The molecule has 1 atom stereocenters. The van der Waals surface area contributed by atoms with Crippen LogP contribution in [0.4, 0.5) is 0 Å². The van der Waals surface area contributed by atoms with Crippen molar-refractivity contribution in [3.63, 3.8) is 0 Å². The van der Waals surface area contributed by atoms with Gasteiger partial charge in [0.15, 0.2) is 0 Å². The standard InChI is InChI=1S/C14H22O2/c1-9(2)12(15)16-14-7-11(8-14)6-10(3)13(14,4)5/h10-11H,1,6-8H2,2-5H3. The number of carbonyl (C=O) groups excluding carboxylic acids is 1. The molecule has 90 valence electrons. The van der Waals surface area contributed by atoms with Crippen molar-refractivity contribution in [1.82, 2.24) is 0 Å². The van der Waals surface area contributed by atoms with E-state index in [1.807, 2.05) is 0 Å². The van der Waals surface area contributed by atoms with Gasteiger partial charge < -0.3 is 4.74 Å². The average Bonchev–Trinajstić information content (AvgIpc) is 2.10. The molecule has 3 fully saturated rings. The lowest BCUT2D eigenvalue weighted by Crippen LogP contribution is -2.64. The molecule has 16 heavy (non-hydrogen) atoms. The number of carbonyl (C=O) groups is 1. The Morgan fingerprint density at radius 3 is 2.44 bits per heavy atom. The van der Waals surface area contributed by atoms with Crippen LogP contribution in [0.5, 0.6) is 0 Å². The summed E-state index contributed by atoms with van der Waals surface area (Å²) in [4.78, 5) is 11.7. The van der Waals surface area contributed by atoms with Gasteiger partial charge in [-0.2, -0.15) is 0 Å². The topological polar surface area (TPSA) is 26.3 Å². The number of ether oxygens (including phenoxy) is 1. The maximum absolute atomic E-state index is 11.7. The van der Waals surface area contributed by atoms with Crippen LogP contribution < -0.4 is 0 Å². The van der Waals surface area contributed by atoms with E-state index in [1.54, 1.807) is 6.92 Å². The van der Waals surface area contributed by atoms with Gasteiger partial charge in [-0.25, -0.2) is 4.79 Å². The summed E-state index contributed by atoms with van der Waals surface area (Å²) in [6.45, 7) is 12.1. The Morgan fingerprint density at radius 2 is 1.94 bits per heavy atom. The molecule has 0 saturated heterocycles. The van der Waals surface area contributed by atoms with E-state index in [0.717, 1.165) is 18.8 Å². The highest BCUT2D eigenvalue weighted by Gasteiger charge is 2.63. The Bertz CT molecular complexity index is 335. The minimum absolute atomic E-state index is 0.0901. The molecule has 0 spiro atoms. The molecule has 0 aromatic carbocycles. The molecule has 1 unspecified atom stereocenters. The lowest BCUT2D eigenvalue weighted by molar-refractivity contribution is -0.235. The van der Waals surface area contributed by atoms with E-state index in [0.29, 0.717) is 11.5 Å². The number of esters is 1. The summed E-state index contributed by atoms with van der Waals surface area (Å²) in [5.41, 5.74) is 0.380. The van der Waals surface area contributed by atoms with Crippen molar-refractivity contribution >= 4 is 5.97 Å². The van der Waals surface area contributed by atoms with Crippen LogP contribution in [0.15, 0.2) is 12.2 Å². The quantitative estimate of drug-likeness (QED) is 0.529. The van der Waals surface area contributed by atoms with Crippen molar-refractivity contribution in [3.8, 4) is 0 Å². The van der Waals surface area contributed by atoms with Crippen molar-refractivity contribution < 1.29 is 9.53 Å². The summed E-state index contributed by atoms with van der Waals surface area (Å²) < 4.78 is 5.75. The Hall–Kier alpha value is -0.790. The van der Waals surface area contributed by atoms with Gasteiger partial charge >= 0.3 is 5.97 Å². The molecule has 0 N–H and O–H groups in total. The third-order valence-electron chi connectivity index (χ3n) is 4.97. The van der Waals surface area contributed by atoms with E-state index in [2.05, 4.69) is 27.4 Å². The predicted molar refractivity (Wildman–Crippen MR) is 63.9 cm³/mol. The van der Waals surface area contributed by atoms with Gasteiger partial charge in [-0.1, -0.05) is 27.4 Å². The van der Waals surface area contributed by atoms with Crippen LogP contribution >= 0.6 is 0 Å². The van der Waals surface area contributed by atoms with E-state index >= 15 is 0 Å². The Balaban J connectivity index is 2.19. The number of fused-ring (bicyclic) bond motifs is 2. The molecular weight excluding hydrogens is 200 g/mol. The van der Waals surface area contributed by atoms with E-state index in [-0.39, 0.29) is 17.0 Å². The average molecular weight is 222 g/mol. The molecule has 2 nitrogen and oxygen atoms in total. The molecule has 3 aliphatic carbocycles. The minimum Gasteiger partial charge on any atom is -0.455 e. The van der Waals surface area contributed by atoms with E-state index in [1.165, 1.54) is 6.42 Å². The first kappa shape index (κ1) is 11.7. The third kappa shape index (κ3) is 1.42. The van der Waals surface area contributed by atoms with Crippen LogP contribution in [-0.2, 0) is 9.53 Å². The smallest absolute Gasteiger partial charge is 0.333 e. The van der Waals surface area contributed by atoms with Gasteiger partial charge in [0.05, 0.1) is 0 Å². The maximum Gasteiger partial charge on any atom is 0.333 e. The summed E-state index contributed by atoms with van der Waals surface area (Å²) in [5.74, 6) is 1.17. The van der Waals surface area contributed by atoms with Crippen molar-refractivity contribution in [2.75, 3.05) is 0 Å². The molecule has 0 aromatic rings. The fourth-order valence-corrected chi connectivity index (χ4v) is 3.29. The van der Waals surface area contributed by atoms with Crippen LogP contribution in [0.25, 0.3) is 0 Å². The van der Waals surface area contributed by atoms with Gasteiger partial charge in [-0.05, 0) is 38.0 Å². The number of rotatable bonds is 2.